The Balaban J connectivity index is 1.78. The molecule has 0 aromatic heterocycles. The SMILES string of the molecule is NP1N(c2ccc([N+](=O)[O-])cc2)CCN1c1ccc([N+](=O)[O-])cc1. The maximum absolute atomic E-state index is 10.7. The lowest BCUT2D eigenvalue weighted by Crippen LogP contribution is -2.19. The zero-order valence-electron chi connectivity index (χ0n) is 12.5. The van der Waals surface area contributed by atoms with Crippen LogP contribution in [0.2, 0.25) is 0 Å². The van der Waals surface area contributed by atoms with Crippen LogP contribution < -0.4 is 14.8 Å². The predicted octanol–water partition coefficient (Wildman–Crippen LogP) is 3.02. The van der Waals surface area contributed by atoms with Crippen LogP contribution in [0.25, 0.3) is 0 Å². The van der Waals surface area contributed by atoms with Gasteiger partial charge in [0.25, 0.3) is 11.4 Å². The second-order valence-electron chi connectivity index (χ2n) is 5.11. The average molecular weight is 347 g/mol. The van der Waals surface area contributed by atoms with E-state index in [4.69, 9.17) is 5.50 Å². The van der Waals surface area contributed by atoms with E-state index in [2.05, 4.69) is 0 Å². The molecule has 3 rings (SSSR count). The molecule has 1 saturated heterocycles. The normalized spacial score (nSPS) is 14.9. The Morgan fingerprint density at radius 1 is 0.792 bits per heavy atom. The fourth-order valence-corrected chi connectivity index (χ4v) is 4.10. The summed E-state index contributed by atoms with van der Waals surface area (Å²) in [6.45, 7) is 1.36. The molecule has 0 saturated carbocycles. The van der Waals surface area contributed by atoms with Crippen LogP contribution in [-0.2, 0) is 0 Å². The molecule has 0 radical (unpaired) electrons. The molecule has 0 amide bonds. The summed E-state index contributed by atoms with van der Waals surface area (Å²) in [7, 11) is -1.17. The molecule has 2 aromatic carbocycles. The maximum Gasteiger partial charge on any atom is 0.269 e. The molecule has 24 heavy (non-hydrogen) atoms. The number of hydrogen-bond acceptors (Lipinski definition) is 7. The number of anilines is 2. The van der Waals surface area contributed by atoms with Gasteiger partial charge in [-0.05, 0) is 24.3 Å². The smallest absolute Gasteiger partial charge is 0.269 e. The third-order valence-corrected chi connectivity index (χ3v) is 5.59. The summed E-state index contributed by atoms with van der Waals surface area (Å²) in [6.07, 6.45) is 0. The van der Waals surface area contributed by atoms with Gasteiger partial charge >= 0.3 is 0 Å². The second kappa shape index (κ2) is 6.38. The number of nitro groups is 2. The number of non-ortho nitro benzene ring substituents is 2. The van der Waals surface area contributed by atoms with Crippen LogP contribution >= 0.6 is 8.37 Å². The molecule has 0 aliphatic carbocycles. The van der Waals surface area contributed by atoms with Gasteiger partial charge in [-0.1, -0.05) is 0 Å². The molecule has 124 valence electrons. The third-order valence-electron chi connectivity index (χ3n) is 3.74. The number of nitro benzene ring substituents is 2. The fourth-order valence-electron chi connectivity index (χ4n) is 2.51. The van der Waals surface area contributed by atoms with E-state index in [1.807, 2.05) is 9.34 Å². The Morgan fingerprint density at radius 3 is 1.42 bits per heavy atom. The largest absolute Gasteiger partial charge is 0.320 e. The first-order valence-electron chi connectivity index (χ1n) is 7.06. The predicted molar refractivity (Wildman–Crippen MR) is 92.0 cm³/mol. The van der Waals surface area contributed by atoms with E-state index in [-0.39, 0.29) is 11.4 Å². The average Bonchev–Trinajstić information content (AvgIpc) is 2.96. The van der Waals surface area contributed by atoms with Crippen molar-refractivity contribution in [1.82, 2.24) is 0 Å². The molecule has 10 heteroatoms. The summed E-state index contributed by atoms with van der Waals surface area (Å²) in [5.41, 5.74) is 8.04. The van der Waals surface area contributed by atoms with Gasteiger partial charge in [-0.15, -0.1) is 0 Å². The van der Waals surface area contributed by atoms with Crippen LogP contribution in [0.15, 0.2) is 48.5 Å². The van der Waals surface area contributed by atoms with E-state index in [1.165, 1.54) is 24.3 Å². The van der Waals surface area contributed by atoms with Crippen molar-refractivity contribution >= 4 is 31.1 Å². The lowest BCUT2D eigenvalue weighted by atomic mass is 10.3. The molecular weight excluding hydrogens is 333 g/mol. The molecule has 0 atom stereocenters. The van der Waals surface area contributed by atoms with Crippen molar-refractivity contribution < 1.29 is 9.85 Å². The quantitative estimate of drug-likeness (QED) is 0.513. The molecular formula is C14H14N5O4P. The maximum atomic E-state index is 10.7. The number of hydrogen-bond donors (Lipinski definition) is 1. The van der Waals surface area contributed by atoms with Gasteiger partial charge in [-0.3, -0.25) is 25.7 Å². The number of nitrogens with two attached hydrogens (primary N) is 1. The number of nitrogens with zero attached hydrogens (tertiary/aromatic N) is 4. The minimum atomic E-state index is -1.17. The van der Waals surface area contributed by atoms with Crippen molar-refractivity contribution in [2.24, 2.45) is 5.50 Å². The van der Waals surface area contributed by atoms with Gasteiger partial charge in [0.1, 0.15) is 0 Å². The first-order chi connectivity index (χ1) is 11.5. The first kappa shape index (κ1) is 16.1. The highest BCUT2D eigenvalue weighted by Crippen LogP contribution is 2.47. The molecule has 1 aliphatic rings. The molecule has 2 N–H and O–H groups in total. The molecule has 0 unspecified atom stereocenters. The molecule has 0 bridgehead atoms. The zero-order valence-corrected chi connectivity index (χ0v) is 13.4. The summed E-state index contributed by atoms with van der Waals surface area (Å²) >= 11 is 0. The highest BCUT2D eigenvalue weighted by atomic mass is 31.1. The summed E-state index contributed by atoms with van der Waals surface area (Å²) in [6, 6.07) is 12.5. The molecule has 1 heterocycles. The lowest BCUT2D eigenvalue weighted by Gasteiger charge is -2.28. The van der Waals surface area contributed by atoms with Crippen molar-refractivity contribution in [3.63, 3.8) is 0 Å². The van der Waals surface area contributed by atoms with Crippen molar-refractivity contribution in [3.8, 4) is 0 Å². The third kappa shape index (κ3) is 2.99. The molecule has 0 spiro atoms. The van der Waals surface area contributed by atoms with Crippen molar-refractivity contribution in [2.45, 2.75) is 0 Å². The highest BCUT2D eigenvalue weighted by molar-refractivity contribution is 7.59. The Kier molecular flexibility index (Phi) is 4.28. The zero-order chi connectivity index (χ0) is 17.3. The fraction of sp³-hybridized carbons (Fsp3) is 0.143. The van der Waals surface area contributed by atoms with E-state index in [1.54, 1.807) is 24.3 Å². The van der Waals surface area contributed by atoms with Crippen LogP contribution in [0.5, 0.6) is 0 Å². The summed E-state index contributed by atoms with van der Waals surface area (Å²) < 4.78 is 3.97. The van der Waals surface area contributed by atoms with Gasteiger partial charge < -0.3 is 9.34 Å². The first-order valence-corrected chi connectivity index (χ1v) is 8.37. The van der Waals surface area contributed by atoms with Crippen molar-refractivity contribution in [3.05, 3.63) is 68.8 Å². The van der Waals surface area contributed by atoms with Gasteiger partial charge in [0.15, 0.2) is 8.37 Å². The van der Waals surface area contributed by atoms with Crippen LogP contribution in [0, 0.1) is 20.2 Å². The van der Waals surface area contributed by atoms with E-state index < -0.39 is 18.2 Å². The second-order valence-corrected chi connectivity index (χ2v) is 6.72. The van der Waals surface area contributed by atoms with E-state index >= 15 is 0 Å². The molecule has 9 nitrogen and oxygen atoms in total. The summed E-state index contributed by atoms with van der Waals surface area (Å²) in [5, 5.41) is 21.5. The number of rotatable bonds is 4. The lowest BCUT2D eigenvalue weighted by molar-refractivity contribution is -0.385. The topological polar surface area (TPSA) is 119 Å². The Labute approximate surface area is 138 Å². The summed E-state index contributed by atoms with van der Waals surface area (Å²) in [5.74, 6) is 0. The minimum absolute atomic E-state index is 0.0338. The standard InChI is InChI=1S/C14H14N5O4P/c15-24-16(11-1-5-13(6-2-11)18(20)21)9-10-17(24)12-3-7-14(8-4-12)19(22)23/h1-8H,9-10,15H2. The number of benzene rings is 2. The van der Waals surface area contributed by atoms with Crippen LogP contribution in [0.3, 0.4) is 0 Å². The minimum Gasteiger partial charge on any atom is -0.320 e. The molecule has 1 aliphatic heterocycles. The van der Waals surface area contributed by atoms with Gasteiger partial charge in [0, 0.05) is 48.7 Å². The van der Waals surface area contributed by atoms with E-state index in [9.17, 15) is 20.2 Å². The van der Waals surface area contributed by atoms with E-state index in [0.717, 1.165) is 11.4 Å². The Bertz CT molecular complexity index is 702. The van der Waals surface area contributed by atoms with Crippen LogP contribution in [0.4, 0.5) is 22.7 Å². The van der Waals surface area contributed by atoms with Gasteiger partial charge in [0.2, 0.25) is 0 Å². The summed E-state index contributed by atoms with van der Waals surface area (Å²) in [4.78, 5) is 20.6. The van der Waals surface area contributed by atoms with Crippen LogP contribution in [-0.4, -0.2) is 22.9 Å². The molecule has 2 aromatic rings. The van der Waals surface area contributed by atoms with Gasteiger partial charge in [0.05, 0.1) is 9.85 Å². The van der Waals surface area contributed by atoms with Crippen LogP contribution in [0.1, 0.15) is 0 Å². The van der Waals surface area contributed by atoms with E-state index in [0.29, 0.717) is 13.1 Å². The Morgan fingerprint density at radius 2 is 1.12 bits per heavy atom. The van der Waals surface area contributed by atoms with Gasteiger partial charge in [-0.25, -0.2) is 0 Å². The molecule has 1 fully saturated rings. The van der Waals surface area contributed by atoms with Crippen molar-refractivity contribution in [2.75, 3.05) is 22.4 Å². The monoisotopic (exact) mass is 347 g/mol. The highest BCUT2D eigenvalue weighted by Gasteiger charge is 2.30. The Hall–Kier alpha value is -2.77. The van der Waals surface area contributed by atoms with Crippen molar-refractivity contribution in [1.29, 1.82) is 0 Å². The van der Waals surface area contributed by atoms with Gasteiger partial charge in [-0.2, -0.15) is 0 Å².